The summed E-state index contributed by atoms with van der Waals surface area (Å²) in [5.41, 5.74) is 1.17. The number of fused-ring (bicyclic) bond motifs is 1. The summed E-state index contributed by atoms with van der Waals surface area (Å²) in [4.78, 5) is 0. The average molecular weight is 247 g/mol. The van der Waals surface area contributed by atoms with Crippen LogP contribution in [-0.2, 0) is 0 Å². The molecule has 0 spiro atoms. The first-order valence-corrected chi connectivity index (χ1v) is 6.06. The fraction of sp³-hybridized carbons (Fsp3) is 0. The minimum absolute atomic E-state index is 0.271. The van der Waals surface area contributed by atoms with Gasteiger partial charge in [-0.25, -0.2) is 8.78 Å². The highest BCUT2D eigenvalue weighted by atomic mass is 31.0. The van der Waals surface area contributed by atoms with E-state index in [1.807, 2.05) is 30.1 Å². The Kier molecular flexibility index (Phi) is 2.41. The van der Waals surface area contributed by atoms with Gasteiger partial charge in [-0.1, -0.05) is 24.3 Å². The minimum atomic E-state index is -0.818. The first-order chi connectivity index (χ1) is 8.27. The summed E-state index contributed by atoms with van der Waals surface area (Å²) >= 11 is 0. The second-order valence-corrected chi connectivity index (χ2v) is 4.58. The lowest BCUT2D eigenvalue weighted by Gasteiger charge is -2.06. The lowest BCUT2D eigenvalue weighted by molar-refractivity contribution is 0.506. The highest BCUT2D eigenvalue weighted by Gasteiger charge is 2.11. The molecule has 3 aromatic rings. The Morgan fingerprint density at radius 3 is 2.65 bits per heavy atom. The van der Waals surface area contributed by atoms with E-state index in [1.54, 1.807) is 10.4 Å². The van der Waals surface area contributed by atoms with Crippen molar-refractivity contribution in [3.05, 3.63) is 59.9 Å². The molecule has 1 nitrogen and oxygen atoms in total. The summed E-state index contributed by atoms with van der Waals surface area (Å²) in [5, 5.41) is 1.04. The zero-order chi connectivity index (χ0) is 11.8. The predicted octanol–water partition coefficient (Wildman–Crippen LogP) is 4.49. The van der Waals surface area contributed by atoms with E-state index in [2.05, 4.69) is 0 Å². The molecule has 0 unspecified atom stereocenters. The summed E-state index contributed by atoms with van der Waals surface area (Å²) in [6, 6.07) is 11.9. The number of para-hydroxylation sites is 1. The van der Waals surface area contributed by atoms with Gasteiger partial charge in [0.05, 0.1) is 11.2 Å². The van der Waals surface area contributed by atoms with Gasteiger partial charge in [0.2, 0.25) is 0 Å². The molecule has 0 aliphatic carbocycles. The normalized spacial score (nSPS) is 11.4. The van der Waals surface area contributed by atoms with E-state index >= 15 is 0 Å². The fourth-order valence-electron chi connectivity index (χ4n) is 1.82. The highest BCUT2D eigenvalue weighted by Crippen LogP contribution is 2.29. The number of hydrogen-bond donors (Lipinski definition) is 0. The van der Waals surface area contributed by atoms with Crippen molar-refractivity contribution in [1.82, 2.24) is 4.33 Å². The molecule has 1 heterocycles. The van der Waals surface area contributed by atoms with Crippen LogP contribution >= 0.6 is 8.35 Å². The number of hydrogen-bond acceptors (Lipinski definition) is 0. The molecule has 17 heavy (non-hydrogen) atoms. The Balaban J connectivity index is 2.31. The van der Waals surface area contributed by atoms with Crippen molar-refractivity contribution in [2.45, 2.75) is 0 Å². The molecule has 0 saturated carbocycles. The van der Waals surface area contributed by atoms with E-state index in [1.165, 1.54) is 6.07 Å². The van der Waals surface area contributed by atoms with Gasteiger partial charge in [0.15, 0.2) is 11.6 Å². The van der Waals surface area contributed by atoms with Crippen LogP contribution in [0.2, 0.25) is 0 Å². The summed E-state index contributed by atoms with van der Waals surface area (Å²) < 4.78 is 28.6. The van der Waals surface area contributed by atoms with Crippen molar-refractivity contribution in [2.75, 3.05) is 0 Å². The van der Waals surface area contributed by atoms with Crippen molar-refractivity contribution in [3.8, 4) is 5.69 Å². The molecule has 0 saturated heterocycles. The van der Waals surface area contributed by atoms with Crippen LogP contribution in [0.5, 0.6) is 0 Å². The molecule has 0 aliphatic rings. The summed E-state index contributed by atoms with van der Waals surface area (Å²) in [7, 11) is 0.829. The lowest BCUT2D eigenvalue weighted by atomic mass is 10.2. The third-order valence-electron chi connectivity index (χ3n) is 2.64. The van der Waals surface area contributed by atoms with Crippen LogP contribution in [0.4, 0.5) is 8.78 Å². The predicted molar refractivity (Wildman–Crippen MR) is 65.7 cm³/mol. The Labute approximate surface area is 98.5 Å². The fourth-order valence-corrected chi connectivity index (χ4v) is 2.86. The van der Waals surface area contributed by atoms with Gasteiger partial charge in [0.25, 0.3) is 0 Å². The Bertz CT molecular complexity index is 691. The van der Waals surface area contributed by atoms with Crippen LogP contribution in [0, 0.1) is 11.6 Å². The molecule has 0 fully saturated rings. The topological polar surface area (TPSA) is 4.93 Å². The van der Waals surface area contributed by atoms with Gasteiger partial charge >= 0.3 is 0 Å². The Morgan fingerprint density at radius 2 is 1.76 bits per heavy atom. The van der Waals surface area contributed by atoms with E-state index in [0.717, 1.165) is 25.3 Å². The second-order valence-electron chi connectivity index (χ2n) is 3.69. The van der Waals surface area contributed by atoms with Crippen molar-refractivity contribution in [1.29, 1.82) is 0 Å². The van der Waals surface area contributed by atoms with Gasteiger partial charge in [-0.2, -0.15) is 0 Å². The molecular formula is C13H8F2NP. The quantitative estimate of drug-likeness (QED) is 0.597. The number of aromatic nitrogens is 1. The molecule has 0 radical (unpaired) electrons. The van der Waals surface area contributed by atoms with E-state index in [0.29, 0.717) is 0 Å². The lowest BCUT2D eigenvalue weighted by Crippen LogP contribution is -1.95. The third-order valence-corrected chi connectivity index (χ3v) is 3.69. The smallest absolute Gasteiger partial charge is 0.183 e. The molecule has 0 bridgehead atoms. The Morgan fingerprint density at radius 1 is 0.941 bits per heavy atom. The monoisotopic (exact) mass is 247 g/mol. The van der Waals surface area contributed by atoms with Gasteiger partial charge < -0.3 is 0 Å². The van der Waals surface area contributed by atoms with Gasteiger partial charge in [0, 0.05) is 13.7 Å². The summed E-state index contributed by atoms with van der Waals surface area (Å²) in [6.45, 7) is 0. The van der Waals surface area contributed by atoms with Crippen molar-refractivity contribution in [2.24, 2.45) is 0 Å². The molecule has 1 aromatic heterocycles. The number of halogens is 2. The maximum Gasteiger partial charge on any atom is 0.183 e. The molecule has 0 N–H and O–H groups in total. The standard InChI is InChI=1S/C13H8F2NP/c14-10-5-3-7-12(13(10)15)16-11-6-2-1-4-9(11)8-17-16/h1-8H. The van der Waals surface area contributed by atoms with Gasteiger partial charge in [-0.15, -0.1) is 0 Å². The second kappa shape index (κ2) is 3.94. The minimum Gasteiger partial charge on any atom is -0.289 e. The zero-order valence-corrected chi connectivity index (χ0v) is 9.66. The summed E-state index contributed by atoms with van der Waals surface area (Å²) in [6.07, 6.45) is 0. The molecule has 0 atom stereocenters. The molecular weight excluding hydrogens is 239 g/mol. The Hall–Kier alpha value is -1.73. The van der Waals surface area contributed by atoms with E-state index in [9.17, 15) is 8.78 Å². The van der Waals surface area contributed by atoms with Crippen LogP contribution in [0.15, 0.2) is 48.3 Å². The maximum atomic E-state index is 13.7. The van der Waals surface area contributed by atoms with E-state index in [4.69, 9.17) is 0 Å². The van der Waals surface area contributed by atoms with Crippen LogP contribution in [0.3, 0.4) is 0 Å². The SMILES string of the molecule is Fc1cccc(-n2pcc3ccccc32)c1F. The number of benzene rings is 2. The van der Waals surface area contributed by atoms with E-state index < -0.39 is 11.6 Å². The first kappa shape index (κ1) is 10.4. The van der Waals surface area contributed by atoms with Crippen LogP contribution < -0.4 is 0 Å². The van der Waals surface area contributed by atoms with Crippen LogP contribution in [-0.4, -0.2) is 4.33 Å². The highest BCUT2D eigenvalue weighted by molar-refractivity contribution is 7.26. The third kappa shape index (κ3) is 1.63. The maximum absolute atomic E-state index is 13.7. The van der Waals surface area contributed by atoms with Crippen molar-refractivity contribution >= 4 is 19.3 Å². The largest absolute Gasteiger partial charge is 0.289 e. The van der Waals surface area contributed by atoms with Crippen molar-refractivity contribution in [3.63, 3.8) is 0 Å². The van der Waals surface area contributed by atoms with E-state index in [-0.39, 0.29) is 5.69 Å². The summed E-state index contributed by atoms with van der Waals surface area (Å²) in [5.74, 6) is 0.354. The van der Waals surface area contributed by atoms with Crippen molar-refractivity contribution < 1.29 is 8.78 Å². The molecule has 2 aromatic carbocycles. The van der Waals surface area contributed by atoms with Gasteiger partial charge in [-0.3, -0.25) is 4.33 Å². The number of nitrogens with zero attached hydrogens (tertiary/aromatic N) is 1. The van der Waals surface area contributed by atoms with Crippen LogP contribution in [0.25, 0.3) is 16.6 Å². The zero-order valence-electron chi connectivity index (χ0n) is 8.77. The molecule has 0 amide bonds. The number of rotatable bonds is 1. The average Bonchev–Trinajstić information content (AvgIpc) is 2.77. The molecule has 4 heteroatoms. The van der Waals surface area contributed by atoms with Gasteiger partial charge in [-0.05, 0) is 24.0 Å². The van der Waals surface area contributed by atoms with Gasteiger partial charge in [0.1, 0.15) is 0 Å². The molecule has 3 rings (SSSR count). The van der Waals surface area contributed by atoms with Crippen LogP contribution in [0.1, 0.15) is 0 Å². The molecule has 0 aliphatic heterocycles. The first-order valence-electron chi connectivity index (χ1n) is 5.14. The molecule has 84 valence electrons.